The van der Waals surface area contributed by atoms with Gasteiger partial charge in [-0.3, -0.25) is 0 Å². The Hall–Kier alpha value is -1.13. The third-order valence-electron chi connectivity index (χ3n) is 3.95. The van der Waals surface area contributed by atoms with Gasteiger partial charge >= 0.3 is 0 Å². The monoisotopic (exact) mass is 333 g/mol. The Morgan fingerprint density at radius 3 is 3.10 bits per heavy atom. The molecule has 0 amide bonds. The number of fused-ring (bicyclic) bond motifs is 1. The van der Waals surface area contributed by atoms with Crippen molar-refractivity contribution in [2.45, 2.75) is 12.8 Å². The van der Waals surface area contributed by atoms with Crippen LogP contribution in [0.3, 0.4) is 0 Å². The van der Waals surface area contributed by atoms with Gasteiger partial charge in [-0.1, -0.05) is 15.9 Å². The molecule has 3 nitrogen and oxygen atoms in total. The van der Waals surface area contributed by atoms with E-state index in [1.54, 1.807) is 0 Å². The molecule has 2 heterocycles. The predicted octanol–water partition coefficient (Wildman–Crippen LogP) is 3.75. The van der Waals surface area contributed by atoms with Gasteiger partial charge in [0.05, 0.1) is 5.52 Å². The van der Waals surface area contributed by atoms with E-state index in [1.807, 2.05) is 6.07 Å². The first kappa shape index (κ1) is 13.8. The summed E-state index contributed by atoms with van der Waals surface area (Å²) in [7, 11) is 2.21. The van der Waals surface area contributed by atoms with Gasteiger partial charge in [0.15, 0.2) is 0 Å². The fourth-order valence-corrected chi connectivity index (χ4v) is 3.26. The Bertz CT molecular complexity index is 599. The van der Waals surface area contributed by atoms with E-state index in [2.05, 4.69) is 62.4 Å². The van der Waals surface area contributed by atoms with E-state index in [1.165, 1.54) is 31.3 Å². The molecule has 0 aliphatic carbocycles. The largest absolute Gasteiger partial charge is 0.370 e. The number of piperidine rings is 1. The van der Waals surface area contributed by atoms with Crippen LogP contribution >= 0.6 is 15.9 Å². The highest BCUT2D eigenvalue weighted by Crippen LogP contribution is 2.21. The van der Waals surface area contributed by atoms with Crippen LogP contribution in [0, 0.1) is 5.92 Å². The maximum Gasteiger partial charge on any atom is 0.126 e. The number of hydrogen-bond donors (Lipinski definition) is 1. The smallest absolute Gasteiger partial charge is 0.126 e. The molecular formula is C16H20BrN3. The van der Waals surface area contributed by atoms with Crippen molar-refractivity contribution >= 4 is 32.7 Å². The molecule has 1 fully saturated rings. The van der Waals surface area contributed by atoms with E-state index < -0.39 is 0 Å². The number of likely N-dealkylation sites (tertiary alicyclic amines) is 1. The SMILES string of the molecule is CN1CCCC(CNc2ccc3cc(Br)ccc3n2)C1. The summed E-state index contributed by atoms with van der Waals surface area (Å²) in [6.07, 6.45) is 2.62. The average molecular weight is 334 g/mol. The summed E-state index contributed by atoms with van der Waals surface area (Å²) >= 11 is 3.49. The van der Waals surface area contributed by atoms with Crippen LogP contribution in [0.5, 0.6) is 0 Å². The molecule has 1 aromatic heterocycles. The maximum absolute atomic E-state index is 4.67. The highest BCUT2D eigenvalue weighted by Gasteiger charge is 2.16. The molecule has 3 rings (SSSR count). The number of aromatic nitrogens is 1. The third kappa shape index (κ3) is 3.30. The summed E-state index contributed by atoms with van der Waals surface area (Å²) in [5.74, 6) is 1.71. The molecular weight excluding hydrogens is 314 g/mol. The van der Waals surface area contributed by atoms with Crippen molar-refractivity contribution in [3.63, 3.8) is 0 Å². The highest BCUT2D eigenvalue weighted by atomic mass is 79.9. The zero-order valence-corrected chi connectivity index (χ0v) is 13.4. The Balaban J connectivity index is 1.67. The van der Waals surface area contributed by atoms with Gasteiger partial charge in [-0.25, -0.2) is 4.98 Å². The number of nitrogens with zero attached hydrogens (tertiary/aromatic N) is 2. The van der Waals surface area contributed by atoms with Crippen molar-refractivity contribution in [1.29, 1.82) is 0 Å². The number of pyridine rings is 1. The minimum absolute atomic E-state index is 0.733. The quantitative estimate of drug-likeness (QED) is 0.927. The fraction of sp³-hybridized carbons (Fsp3) is 0.438. The first-order chi connectivity index (χ1) is 9.70. The fourth-order valence-electron chi connectivity index (χ4n) is 2.88. The number of hydrogen-bond acceptors (Lipinski definition) is 3. The average Bonchev–Trinajstić information content (AvgIpc) is 2.45. The van der Waals surface area contributed by atoms with Gasteiger partial charge in [0, 0.05) is 22.9 Å². The molecule has 0 spiro atoms. The highest BCUT2D eigenvalue weighted by molar-refractivity contribution is 9.10. The number of nitrogens with one attached hydrogen (secondary N) is 1. The molecule has 0 radical (unpaired) electrons. The summed E-state index contributed by atoms with van der Waals surface area (Å²) in [5.41, 5.74) is 1.04. The van der Waals surface area contributed by atoms with Crippen molar-refractivity contribution in [1.82, 2.24) is 9.88 Å². The Morgan fingerprint density at radius 2 is 2.25 bits per heavy atom. The maximum atomic E-state index is 4.67. The van der Waals surface area contributed by atoms with Gasteiger partial charge in [-0.15, -0.1) is 0 Å². The number of rotatable bonds is 3. The second-order valence-corrected chi connectivity index (χ2v) is 6.60. The Morgan fingerprint density at radius 1 is 1.35 bits per heavy atom. The van der Waals surface area contributed by atoms with Crippen LogP contribution in [-0.2, 0) is 0 Å². The molecule has 106 valence electrons. The lowest BCUT2D eigenvalue weighted by molar-refractivity contribution is 0.217. The summed E-state index contributed by atoms with van der Waals surface area (Å²) in [6.45, 7) is 3.44. The van der Waals surface area contributed by atoms with Crippen LogP contribution < -0.4 is 5.32 Å². The number of halogens is 1. The van der Waals surface area contributed by atoms with Crippen LogP contribution in [0.2, 0.25) is 0 Å². The van der Waals surface area contributed by atoms with E-state index in [0.29, 0.717) is 0 Å². The van der Waals surface area contributed by atoms with Gasteiger partial charge in [0.1, 0.15) is 5.82 Å². The first-order valence-corrected chi connectivity index (χ1v) is 7.99. The van der Waals surface area contributed by atoms with Crippen molar-refractivity contribution in [2.24, 2.45) is 5.92 Å². The number of benzene rings is 1. The third-order valence-corrected chi connectivity index (χ3v) is 4.44. The molecule has 1 unspecified atom stereocenters. The minimum Gasteiger partial charge on any atom is -0.370 e. The molecule has 20 heavy (non-hydrogen) atoms. The standard InChI is InChI=1S/C16H20BrN3/c1-20-8-2-3-12(11-20)10-18-16-7-4-13-9-14(17)5-6-15(13)19-16/h4-7,9,12H,2-3,8,10-11H2,1H3,(H,18,19). The van der Waals surface area contributed by atoms with E-state index in [0.717, 1.165) is 28.3 Å². The summed E-state index contributed by atoms with van der Waals surface area (Å²) in [6, 6.07) is 10.4. The Labute approximate surface area is 128 Å². The van der Waals surface area contributed by atoms with Crippen molar-refractivity contribution in [3.05, 3.63) is 34.8 Å². The molecule has 1 aliphatic rings. The number of anilines is 1. The van der Waals surface area contributed by atoms with Crippen molar-refractivity contribution < 1.29 is 0 Å². The second-order valence-electron chi connectivity index (χ2n) is 5.68. The van der Waals surface area contributed by atoms with Gasteiger partial charge < -0.3 is 10.2 Å². The predicted molar refractivity (Wildman–Crippen MR) is 88.2 cm³/mol. The van der Waals surface area contributed by atoms with Gasteiger partial charge in [0.2, 0.25) is 0 Å². The molecule has 1 aromatic carbocycles. The lowest BCUT2D eigenvalue weighted by Gasteiger charge is -2.29. The summed E-state index contributed by atoms with van der Waals surface area (Å²) in [5, 5.41) is 4.66. The Kier molecular flexibility index (Phi) is 4.22. The first-order valence-electron chi connectivity index (χ1n) is 7.19. The zero-order valence-electron chi connectivity index (χ0n) is 11.8. The molecule has 1 atom stereocenters. The lowest BCUT2D eigenvalue weighted by Crippen LogP contribution is -2.35. The second kappa shape index (κ2) is 6.10. The van der Waals surface area contributed by atoms with Crippen molar-refractivity contribution in [2.75, 3.05) is 32.0 Å². The lowest BCUT2D eigenvalue weighted by atomic mass is 9.98. The van der Waals surface area contributed by atoms with E-state index in [-0.39, 0.29) is 0 Å². The van der Waals surface area contributed by atoms with Crippen LogP contribution in [0.4, 0.5) is 5.82 Å². The molecule has 0 bridgehead atoms. The van der Waals surface area contributed by atoms with E-state index >= 15 is 0 Å². The zero-order chi connectivity index (χ0) is 13.9. The van der Waals surface area contributed by atoms with Crippen molar-refractivity contribution in [3.8, 4) is 0 Å². The van der Waals surface area contributed by atoms with Crippen LogP contribution in [-0.4, -0.2) is 36.6 Å². The normalized spacial score (nSPS) is 20.2. The topological polar surface area (TPSA) is 28.2 Å². The minimum atomic E-state index is 0.733. The van der Waals surface area contributed by atoms with Gasteiger partial charge in [-0.05, 0) is 62.7 Å². The molecule has 1 aliphatic heterocycles. The molecule has 4 heteroatoms. The van der Waals surface area contributed by atoms with Crippen LogP contribution in [0.25, 0.3) is 10.9 Å². The van der Waals surface area contributed by atoms with Gasteiger partial charge in [0.25, 0.3) is 0 Å². The molecule has 1 saturated heterocycles. The molecule has 2 aromatic rings. The van der Waals surface area contributed by atoms with E-state index in [4.69, 9.17) is 0 Å². The van der Waals surface area contributed by atoms with E-state index in [9.17, 15) is 0 Å². The summed E-state index contributed by atoms with van der Waals surface area (Å²) < 4.78 is 1.10. The van der Waals surface area contributed by atoms with Crippen LogP contribution in [0.15, 0.2) is 34.8 Å². The molecule has 1 N–H and O–H groups in total. The molecule has 0 saturated carbocycles. The van der Waals surface area contributed by atoms with Gasteiger partial charge in [-0.2, -0.15) is 0 Å². The summed E-state index contributed by atoms with van der Waals surface area (Å²) in [4.78, 5) is 7.09. The van der Waals surface area contributed by atoms with Crippen LogP contribution in [0.1, 0.15) is 12.8 Å².